The van der Waals surface area contributed by atoms with E-state index in [-0.39, 0.29) is 0 Å². The van der Waals surface area contributed by atoms with E-state index in [0.717, 1.165) is 31.9 Å². The van der Waals surface area contributed by atoms with Gasteiger partial charge in [-0.1, -0.05) is 0 Å². The van der Waals surface area contributed by atoms with E-state index in [9.17, 15) is 4.79 Å². The van der Waals surface area contributed by atoms with E-state index >= 15 is 0 Å². The zero-order chi connectivity index (χ0) is 11.5. The van der Waals surface area contributed by atoms with Crippen molar-refractivity contribution in [3.05, 3.63) is 29.8 Å². The number of carbonyl (C=O) groups excluding carboxylic acids is 1. The predicted molar refractivity (Wildman–Crippen MR) is 63.5 cm³/mol. The van der Waals surface area contributed by atoms with Crippen molar-refractivity contribution in [3.63, 3.8) is 0 Å². The minimum absolute atomic E-state index is 0.396. The van der Waals surface area contributed by atoms with Crippen LogP contribution in [0, 0.1) is 6.07 Å². The van der Waals surface area contributed by atoms with Gasteiger partial charge in [-0.05, 0) is 31.3 Å². The molecule has 0 aromatic heterocycles. The smallest absolute Gasteiger partial charge is 0.248 e. The predicted octanol–water partition coefficient (Wildman–Crippen LogP) is 0.337. The van der Waals surface area contributed by atoms with Crippen LogP contribution in [0.3, 0.4) is 0 Å². The molecular weight excluding hydrogens is 202 g/mol. The van der Waals surface area contributed by atoms with E-state index in [1.54, 1.807) is 6.07 Å². The molecule has 1 aliphatic rings. The van der Waals surface area contributed by atoms with Gasteiger partial charge in [0.25, 0.3) is 0 Å². The van der Waals surface area contributed by atoms with E-state index in [2.05, 4.69) is 22.9 Å². The van der Waals surface area contributed by atoms with Gasteiger partial charge in [0, 0.05) is 37.4 Å². The fraction of sp³-hybridized carbons (Fsp3) is 0.417. The van der Waals surface area contributed by atoms with Gasteiger partial charge in [-0.3, -0.25) is 4.79 Å². The molecule has 16 heavy (non-hydrogen) atoms. The van der Waals surface area contributed by atoms with E-state index in [1.165, 1.54) is 0 Å². The van der Waals surface area contributed by atoms with Gasteiger partial charge in [0.1, 0.15) is 0 Å². The summed E-state index contributed by atoms with van der Waals surface area (Å²) in [4.78, 5) is 15.6. The van der Waals surface area contributed by atoms with Gasteiger partial charge in [0.05, 0.1) is 0 Å². The molecule has 1 radical (unpaired) electrons. The van der Waals surface area contributed by atoms with Crippen molar-refractivity contribution >= 4 is 11.6 Å². The van der Waals surface area contributed by atoms with E-state index in [4.69, 9.17) is 5.73 Å². The number of benzene rings is 1. The van der Waals surface area contributed by atoms with E-state index in [1.807, 2.05) is 12.1 Å². The summed E-state index contributed by atoms with van der Waals surface area (Å²) in [5.41, 5.74) is 6.80. The molecule has 1 fully saturated rings. The van der Waals surface area contributed by atoms with Crippen molar-refractivity contribution < 1.29 is 4.79 Å². The summed E-state index contributed by atoms with van der Waals surface area (Å²) in [7, 11) is 2.11. The number of nitrogens with zero attached hydrogens (tertiary/aromatic N) is 2. The average molecular weight is 218 g/mol. The van der Waals surface area contributed by atoms with Gasteiger partial charge in [-0.25, -0.2) is 0 Å². The highest BCUT2D eigenvalue weighted by Crippen LogP contribution is 2.17. The maximum atomic E-state index is 11.1. The Morgan fingerprint density at radius 1 is 1.31 bits per heavy atom. The number of rotatable bonds is 2. The van der Waals surface area contributed by atoms with Crippen molar-refractivity contribution in [1.82, 2.24) is 4.90 Å². The summed E-state index contributed by atoms with van der Waals surface area (Å²) in [6.07, 6.45) is 0. The van der Waals surface area contributed by atoms with E-state index in [0.29, 0.717) is 5.56 Å². The van der Waals surface area contributed by atoms with Crippen molar-refractivity contribution in [2.45, 2.75) is 0 Å². The number of nitrogens with two attached hydrogens (primary N) is 1. The van der Waals surface area contributed by atoms with Crippen molar-refractivity contribution in [3.8, 4) is 0 Å². The molecule has 0 spiro atoms. The lowest BCUT2D eigenvalue weighted by molar-refractivity contribution is 0.100. The Balaban J connectivity index is 2.14. The molecule has 2 N–H and O–H groups in total. The van der Waals surface area contributed by atoms with Gasteiger partial charge < -0.3 is 15.5 Å². The molecule has 0 atom stereocenters. The van der Waals surface area contributed by atoms with Gasteiger partial charge in [0.2, 0.25) is 5.91 Å². The lowest BCUT2D eigenvalue weighted by atomic mass is 10.1. The summed E-state index contributed by atoms with van der Waals surface area (Å²) >= 11 is 0. The monoisotopic (exact) mass is 218 g/mol. The molecule has 0 unspecified atom stereocenters. The summed E-state index contributed by atoms with van der Waals surface area (Å²) < 4.78 is 0. The molecular formula is C12H16N3O. The zero-order valence-electron chi connectivity index (χ0n) is 9.44. The summed E-state index contributed by atoms with van der Waals surface area (Å²) in [5.74, 6) is -0.396. The number of primary amides is 1. The maximum absolute atomic E-state index is 11.1. The van der Waals surface area contributed by atoms with Gasteiger partial charge in [-0.2, -0.15) is 0 Å². The first-order valence-electron chi connectivity index (χ1n) is 5.41. The molecule has 1 amide bonds. The lowest BCUT2D eigenvalue weighted by Crippen LogP contribution is -2.44. The van der Waals surface area contributed by atoms with Crippen molar-refractivity contribution in [2.75, 3.05) is 38.1 Å². The third kappa shape index (κ3) is 2.33. The van der Waals surface area contributed by atoms with Crippen LogP contribution < -0.4 is 10.6 Å². The fourth-order valence-corrected chi connectivity index (χ4v) is 1.85. The Hall–Kier alpha value is -1.55. The Labute approximate surface area is 95.6 Å². The van der Waals surface area contributed by atoms with Crippen LogP contribution in [0.5, 0.6) is 0 Å². The highest BCUT2D eigenvalue weighted by molar-refractivity contribution is 5.93. The molecule has 0 bridgehead atoms. The Morgan fingerprint density at radius 2 is 2.00 bits per heavy atom. The lowest BCUT2D eigenvalue weighted by Gasteiger charge is -2.34. The second-order valence-electron chi connectivity index (χ2n) is 4.13. The Morgan fingerprint density at radius 3 is 2.62 bits per heavy atom. The molecule has 85 valence electrons. The molecule has 4 heteroatoms. The largest absolute Gasteiger partial charge is 0.369 e. The number of anilines is 1. The molecule has 2 rings (SSSR count). The van der Waals surface area contributed by atoms with E-state index < -0.39 is 5.91 Å². The minimum Gasteiger partial charge on any atom is -0.369 e. The van der Waals surface area contributed by atoms with Crippen LogP contribution in [0.15, 0.2) is 18.2 Å². The number of hydrogen-bond donors (Lipinski definition) is 1. The fourth-order valence-electron chi connectivity index (χ4n) is 1.85. The summed E-state index contributed by atoms with van der Waals surface area (Å²) in [5, 5.41) is 0. The quantitative estimate of drug-likeness (QED) is 0.778. The molecule has 1 aromatic carbocycles. The minimum atomic E-state index is -0.396. The van der Waals surface area contributed by atoms with Crippen LogP contribution in [0.25, 0.3) is 0 Å². The van der Waals surface area contributed by atoms with Crippen molar-refractivity contribution in [1.29, 1.82) is 0 Å². The SMILES string of the molecule is CN1CCN(c2c[c]cc(C(N)=O)c2)CC1. The third-order valence-electron chi connectivity index (χ3n) is 2.93. The first-order chi connectivity index (χ1) is 7.66. The van der Waals surface area contributed by atoms with Crippen LogP contribution in [0.1, 0.15) is 10.4 Å². The third-order valence-corrected chi connectivity index (χ3v) is 2.93. The van der Waals surface area contributed by atoms with Crippen LogP contribution in [0.2, 0.25) is 0 Å². The standard InChI is InChI=1S/C12H16N3O/c1-14-5-7-15(8-6-14)11-4-2-3-10(9-11)12(13)16/h3-4,9H,5-8H2,1H3,(H2,13,16). The highest BCUT2D eigenvalue weighted by Gasteiger charge is 2.14. The molecule has 0 aliphatic carbocycles. The normalized spacial score (nSPS) is 17.4. The first kappa shape index (κ1) is 11.0. The van der Waals surface area contributed by atoms with Gasteiger partial charge >= 0.3 is 0 Å². The number of likely N-dealkylation sites (N-methyl/N-ethyl adjacent to an activating group) is 1. The maximum Gasteiger partial charge on any atom is 0.248 e. The van der Waals surface area contributed by atoms with Gasteiger partial charge in [0.15, 0.2) is 0 Å². The highest BCUT2D eigenvalue weighted by atomic mass is 16.1. The second-order valence-corrected chi connectivity index (χ2v) is 4.13. The molecule has 1 aromatic rings. The summed E-state index contributed by atoms with van der Waals surface area (Å²) in [6, 6.07) is 8.33. The Kier molecular flexibility index (Phi) is 3.10. The summed E-state index contributed by atoms with van der Waals surface area (Å²) in [6.45, 7) is 4.04. The zero-order valence-corrected chi connectivity index (χ0v) is 9.44. The van der Waals surface area contributed by atoms with Crippen molar-refractivity contribution in [2.24, 2.45) is 5.73 Å². The molecule has 4 nitrogen and oxygen atoms in total. The van der Waals surface area contributed by atoms with Gasteiger partial charge in [-0.15, -0.1) is 0 Å². The second kappa shape index (κ2) is 4.53. The molecule has 1 saturated heterocycles. The molecule has 1 heterocycles. The Bertz CT molecular complexity index is 384. The van der Waals surface area contributed by atoms with Crippen LogP contribution >= 0.6 is 0 Å². The van der Waals surface area contributed by atoms with Crippen LogP contribution in [-0.2, 0) is 0 Å². The topological polar surface area (TPSA) is 49.6 Å². The molecule has 0 saturated carbocycles. The number of carbonyl (C=O) groups is 1. The van der Waals surface area contributed by atoms with Crippen LogP contribution in [0.4, 0.5) is 5.69 Å². The molecule has 1 aliphatic heterocycles. The number of amides is 1. The number of hydrogen-bond acceptors (Lipinski definition) is 3. The number of piperazine rings is 1. The van der Waals surface area contributed by atoms with Crippen LogP contribution in [-0.4, -0.2) is 44.0 Å². The average Bonchev–Trinajstić information content (AvgIpc) is 2.30. The first-order valence-corrected chi connectivity index (χ1v) is 5.41.